The van der Waals surface area contributed by atoms with E-state index in [1.165, 1.54) is 38.5 Å². The van der Waals surface area contributed by atoms with Crippen LogP contribution in [0.2, 0.25) is 0 Å². The van der Waals surface area contributed by atoms with E-state index in [1.54, 1.807) is 0 Å². The zero-order valence-electron chi connectivity index (χ0n) is 7.67. The minimum absolute atomic E-state index is 0.625. The standard InChI is InChI=1S/C11H18O/c1-2-3-4-5-9-8-10-6-7-11(9)12-10/h2,9-11H,1,3-8H2/t9-,10+,11-/m1/s1. The molecule has 2 rings (SSSR count). The van der Waals surface area contributed by atoms with Crippen LogP contribution in [-0.2, 0) is 4.74 Å². The summed E-state index contributed by atoms with van der Waals surface area (Å²) in [4.78, 5) is 0. The number of ether oxygens (including phenoxy) is 1. The molecular weight excluding hydrogens is 148 g/mol. The second-order valence-corrected chi connectivity index (χ2v) is 4.09. The van der Waals surface area contributed by atoms with Gasteiger partial charge in [-0.3, -0.25) is 0 Å². The SMILES string of the molecule is C=CCCC[C@@H]1C[C@@H]2CC[C@H]1O2. The van der Waals surface area contributed by atoms with Crippen LogP contribution in [0.4, 0.5) is 0 Å². The molecule has 2 aliphatic heterocycles. The average molecular weight is 166 g/mol. The molecule has 2 heterocycles. The summed E-state index contributed by atoms with van der Waals surface area (Å²) in [6.07, 6.45) is 11.1. The Morgan fingerprint density at radius 3 is 2.92 bits per heavy atom. The minimum Gasteiger partial charge on any atom is -0.375 e. The predicted octanol–water partition coefficient (Wildman–Crippen LogP) is 2.91. The van der Waals surface area contributed by atoms with Gasteiger partial charge in [-0.2, -0.15) is 0 Å². The van der Waals surface area contributed by atoms with E-state index in [-0.39, 0.29) is 0 Å². The van der Waals surface area contributed by atoms with Crippen molar-refractivity contribution in [3.8, 4) is 0 Å². The molecule has 0 radical (unpaired) electrons. The molecule has 0 aromatic carbocycles. The Bertz CT molecular complexity index is 164. The largest absolute Gasteiger partial charge is 0.375 e. The highest BCUT2D eigenvalue weighted by molar-refractivity contribution is 4.89. The molecule has 1 heteroatoms. The third-order valence-corrected chi connectivity index (χ3v) is 3.21. The van der Waals surface area contributed by atoms with Crippen molar-refractivity contribution >= 4 is 0 Å². The van der Waals surface area contributed by atoms with Gasteiger partial charge in [0.1, 0.15) is 0 Å². The molecule has 1 nitrogen and oxygen atoms in total. The van der Waals surface area contributed by atoms with E-state index >= 15 is 0 Å². The molecule has 0 saturated carbocycles. The van der Waals surface area contributed by atoms with Gasteiger partial charge in [0.05, 0.1) is 12.2 Å². The lowest BCUT2D eigenvalue weighted by molar-refractivity contribution is 0.0910. The summed E-state index contributed by atoms with van der Waals surface area (Å²) in [5.41, 5.74) is 0. The lowest BCUT2D eigenvalue weighted by atomic mass is 9.86. The van der Waals surface area contributed by atoms with E-state index in [0.29, 0.717) is 12.2 Å². The van der Waals surface area contributed by atoms with Crippen LogP contribution in [0.25, 0.3) is 0 Å². The first-order chi connectivity index (χ1) is 5.90. The van der Waals surface area contributed by atoms with Gasteiger partial charge < -0.3 is 4.74 Å². The van der Waals surface area contributed by atoms with Crippen molar-refractivity contribution in [2.24, 2.45) is 5.92 Å². The molecule has 2 bridgehead atoms. The van der Waals surface area contributed by atoms with Gasteiger partial charge >= 0.3 is 0 Å². The molecule has 68 valence electrons. The monoisotopic (exact) mass is 166 g/mol. The van der Waals surface area contributed by atoms with Crippen LogP contribution < -0.4 is 0 Å². The van der Waals surface area contributed by atoms with Crippen molar-refractivity contribution in [3.63, 3.8) is 0 Å². The van der Waals surface area contributed by atoms with E-state index in [1.807, 2.05) is 6.08 Å². The maximum absolute atomic E-state index is 5.79. The average Bonchev–Trinajstić information content (AvgIpc) is 2.65. The summed E-state index contributed by atoms with van der Waals surface area (Å²) in [6.45, 7) is 3.74. The quantitative estimate of drug-likeness (QED) is 0.461. The van der Waals surface area contributed by atoms with E-state index in [2.05, 4.69) is 6.58 Å². The van der Waals surface area contributed by atoms with Crippen LogP contribution in [0.15, 0.2) is 12.7 Å². The number of hydrogen-bond donors (Lipinski definition) is 0. The molecule has 2 saturated heterocycles. The van der Waals surface area contributed by atoms with Gasteiger partial charge in [-0.05, 0) is 44.4 Å². The molecular formula is C11H18O. The van der Waals surface area contributed by atoms with Crippen molar-refractivity contribution in [1.29, 1.82) is 0 Å². The fourth-order valence-corrected chi connectivity index (χ4v) is 2.57. The second kappa shape index (κ2) is 3.61. The molecule has 0 aromatic rings. The van der Waals surface area contributed by atoms with Gasteiger partial charge in [-0.15, -0.1) is 6.58 Å². The zero-order valence-corrected chi connectivity index (χ0v) is 7.67. The molecule has 0 amide bonds. The third kappa shape index (κ3) is 1.56. The lowest BCUT2D eigenvalue weighted by Gasteiger charge is -2.17. The summed E-state index contributed by atoms with van der Waals surface area (Å²) in [6, 6.07) is 0. The molecule has 0 aliphatic carbocycles. The van der Waals surface area contributed by atoms with Crippen molar-refractivity contribution in [2.45, 2.75) is 50.7 Å². The van der Waals surface area contributed by atoms with Crippen molar-refractivity contribution in [2.75, 3.05) is 0 Å². The molecule has 0 spiro atoms. The fraction of sp³-hybridized carbons (Fsp3) is 0.818. The Morgan fingerprint density at radius 2 is 2.33 bits per heavy atom. The van der Waals surface area contributed by atoms with Crippen molar-refractivity contribution in [1.82, 2.24) is 0 Å². The Labute approximate surface area is 74.8 Å². The number of fused-ring (bicyclic) bond motifs is 2. The summed E-state index contributed by atoms with van der Waals surface area (Å²) < 4.78 is 5.79. The van der Waals surface area contributed by atoms with Crippen molar-refractivity contribution in [3.05, 3.63) is 12.7 Å². The first-order valence-electron chi connectivity index (χ1n) is 5.16. The number of unbranched alkanes of at least 4 members (excludes halogenated alkanes) is 1. The van der Waals surface area contributed by atoms with E-state index < -0.39 is 0 Å². The molecule has 12 heavy (non-hydrogen) atoms. The predicted molar refractivity (Wildman–Crippen MR) is 50.1 cm³/mol. The summed E-state index contributed by atoms with van der Waals surface area (Å²) in [5.74, 6) is 0.878. The Morgan fingerprint density at radius 1 is 1.42 bits per heavy atom. The second-order valence-electron chi connectivity index (χ2n) is 4.09. The normalized spacial score (nSPS) is 38.8. The van der Waals surface area contributed by atoms with Crippen LogP contribution in [0.1, 0.15) is 38.5 Å². The van der Waals surface area contributed by atoms with Crippen LogP contribution in [0.3, 0.4) is 0 Å². The van der Waals surface area contributed by atoms with Gasteiger partial charge in [-0.25, -0.2) is 0 Å². The van der Waals surface area contributed by atoms with E-state index in [0.717, 1.165) is 5.92 Å². The van der Waals surface area contributed by atoms with Gasteiger partial charge in [-0.1, -0.05) is 6.08 Å². The molecule has 2 aliphatic rings. The molecule has 0 N–H and O–H groups in total. The summed E-state index contributed by atoms with van der Waals surface area (Å²) in [5, 5.41) is 0. The summed E-state index contributed by atoms with van der Waals surface area (Å²) >= 11 is 0. The Kier molecular flexibility index (Phi) is 2.50. The molecule has 0 unspecified atom stereocenters. The molecule has 3 atom stereocenters. The van der Waals surface area contributed by atoms with Gasteiger partial charge in [0.15, 0.2) is 0 Å². The molecule has 2 fully saturated rings. The van der Waals surface area contributed by atoms with Crippen LogP contribution >= 0.6 is 0 Å². The zero-order chi connectivity index (χ0) is 8.39. The molecule has 0 aromatic heterocycles. The minimum atomic E-state index is 0.625. The maximum atomic E-state index is 5.79. The van der Waals surface area contributed by atoms with Crippen molar-refractivity contribution < 1.29 is 4.74 Å². The van der Waals surface area contributed by atoms with Crippen LogP contribution in [-0.4, -0.2) is 12.2 Å². The van der Waals surface area contributed by atoms with Gasteiger partial charge in [0.25, 0.3) is 0 Å². The highest BCUT2D eigenvalue weighted by atomic mass is 16.5. The first kappa shape index (κ1) is 8.31. The lowest BCUT2D eigenvalue weighted by Crippen LogP contribution is -2.15. The topological polar surface area (TPSA) is 9.23 Å². The van der Waals surface area contributed by atoms with Crippen LogP contribution in [0.5, 0.6) is 0 Å². The Balaban J connectivity index is 1.72. The smallest absolute Gasteiger partial charge is 0.0609 e. The van der Waals surface area contributed by atoms with Gasteiger partial charge in [0.2, 0.25) is 0 Å². The fourth-order valence-electron chi connectivity index (χ4n) is 2.57. The highest BCUT2D eigenvalue weighted by Gasteiger charge is 2.39. The maximum Gasteiger partial charge on any atom is 0.0609 e. The first-order valence-corrected chi connectivity index (χ1v) is 5.16. The van der Waals surface area contributed by atoms with Gasteiger partial charge in [0, 0.05) is 0 Å². The number of allylic oxidation sites excluding steroid dienone is 1. The van der Waals surface area contributed by atoms with E-state index in [9.17, 15) is 0 Å². The highest BCUT2D eigenvalue weighted by Crippen LogP contribution is 2.40. The summed E-state index contributed by atoms with van der Waals surface area (Å²) in [7, 11) is 0. The number of hydrogen-bond acceptors (Lipinski definition) is 1. The number of rotatable bonds is 4. The van der Waals surface area contributed by atoms with Crippen LogP contribution in [0, 0.1) is 5.92 Å². The Hall–Kier alpha value is -0.300. The third-order valence-electron chi connectivity index (χ3n) is 3.21. The van der Waals surface area contributed by atoms with E-state index in [4.69, 9.17) is 4.74 Å².